The van der Waals surface area contributed by atoms with Crippen LogP contribution in [0, 0.1) is 0 Å². The van der Waals surface area contributed by atoms with E-state index < -0.39 is 11.7 Å². The standard InChI is InChI=1S/C10H5BrClF3N2S/c11-7-2-1-5(10(13,14)15)3-6(7)9-17-16-8(4-12)18-9/h1-3H,4H2. The van der Waals surface area contributed by atoms with Crippen molar-refractivity contribution in [1.82, 2.24) is 10.2 Å². The molecule has 8 heteroatoms. The van der Waals surface area contributed by atoms with Crippen LogP contribution >= 0.6 is 38.9 Å². The molecule has 0 amide bonds. The quantitative estimate of drug-likeness (QED) is 0.727. The Morgan fingerprint density at radius 2 is 2.00 bits per heavy atom. The highest BCUT2D eigenvalue weighted by Crippen LogP contribution is 2.37. The van der Waals surface area contributed by atoms with E-state index in [2.05, 4.69) is 26.1 Å². The molecule has 0 radical (unpaired) electrons. The van der Waals surface area contributed by atoms with Crippen LogP contribution in [0.4, 0.5) is 13.2 Å². The molecular weight excluding hydrogens is 353 g/mol. The molecule has 0 saturated heterocycles. The highest BCUT2D eigenvalue weighted by atomic mass is 79.9. The van der Waals surface area contributed by atoms with E-state index in [1.54, 1.807) is 0 Å². The maximum Gasteiger partial charge on any atom is 0.416 e. The number of benzene rings is 1. The minimum Gasteiger partial charge on any atom is -0.166 e. The van der Waals surface area contributed by atoms with Crippen molar-refractivity contribution in [3.8, 4) is 10.6 Å². The van der Waals surface area contributed by atoms with Gasteiger partial charge in [0.1, 0.15) is 10.0 Å². The van der Waals surface area contributed by atoms with Crippen LogP contribution < -0.4 is 0 Å². The van der Waals surface area contributed by atoms with Gasteiger partial charge >= 0.3 is 6.18 Å². The maximum absolute atomic E-state index is 12.6. The second-order valence-electron chi connectivity index (χ2n) is 3.33. The van der Waals surface area contributed by atoms with Gasteiger partial charge in [0.05, 0.1) is 11.4 Å². The molecule has 0 aliphatic heterocycles. The molecule has 0 spiro atoms. The van der Waals surface area contributed by atoms with Crippen LogP contribution in [0.1, 0.15) is 10.6 Å². The topological polar surface area (TPSA) is 25.8 Å². The van der Waals surface area contributed by atoms with Gasteiger partial charge in [-0.2, -0.15) is 13.2 Å². The van der Waals surface area contributed by atoms with Crippen molar-refractivity contribution >= 4 is 38.9 Å². The molecule has 1 heterocycles. The molecule has 0 saturated carbocycles. The number of hydrogen-bond acceptors (Lipinski definition) is 3. The maximum atomic E-state index is 12.6. The van der Waals surface area contributed by atoms with E-state index in [9.17, 15) is 13.2 Å². The van der Waals surface area contributed by atoms with Crippen molar-refractivity contribution in [1.29, 1.82) is 0 Å². The predicted molar refractivity (Wildman–Crippen MR) is 67.6 cm³/mol. The third-order valence-electron chi connectivity index (χ3n) is 2.11. The van der Waals surface area contributed by atoms with Crippen LogP contribution in [0.15, 0.2) is 22.7 Å². The first-order valence-electron chi connectivity index (χ1n) is 4.67. The molecule has 1 aromatic heterocycles. The van der Waals surface area contributed by atoms with Gasteiger partial charge in [0.25, 0.3) is 0 Å². The molecule has 2 nitrogen and oxygen atoms in total. The Labute approximate surface area is 118 Å². The Kier molecular flexibility index (Phi) is 3.93. The molecule has 0 aliphatic carbocycles. The smallest absolute Gasteiger partial charge is 0.166 e. The zero-order valence-corrected chi connectivity index (χ0v) is 11.8. The molecule has 0 bridgehead atoms. The summed E-state index contributed by atoms with van der Waals surface area (Å²) in [4.78, 5) is 0. The third-order valence-corrected chi connectivity index (χ3v) is 4.16. The summed E-state index contributed by atoms with van der Waals surface area (Å²) in [5.74, 6) is 0.189. The molecule has 0 aliphatic rings. The molecule has 0 fully saturated rings. The minimum absolute atomic E-state index is 0.189. The van der Waals surface area contributed by atoms with Crippen LogP contribution in [0.2, 0.25) is 0 Å². The number of alkyl halides is 4. The molecular formula is C10H5BrClF3N2S. The zero-order chi connectivity index (χ0) is 13.3. The molecule has 96 valence electrons. The van der Waals surface area contributed by atoms with Gasteiger partial charge in [0, 0.05) is 10.0 Å². The van der Waals surface area contributed by atoms with Crippen molar-refractivity contribution in [3.05, 3.63) is 33.2 Å². The van der Waals surface area contributed by atoms with Crippen molar-refractivity contribution in [3.63, 3.8) is 0 Å². The van der Waals surface area contributed by atoms with Crippen LogP contribution in [0.5, 0.6) is 0 Å². The summed E-state index contributed by atoms with van der Waals surface area (Å²) < 4.78 is 38.4. The van der Waals surface area contributed by atoms with Crippen LogP contribution in [-0.2, 0) is 12.1 Å². The first-order valence-corrected chi connectivity index (χ1v) is 6.81. The summed E-state index contributed by atoms with van der Waals surface area (Å²) in [6.45, 7) is 0. The largest absolute Gasteiger partial charge is 0.416 e. The SMILES string of the molecule is FC(F)(F)c1ccc(Br)c(-c2nnc(CCl)s2)c1. The normalized spacial score (nSPS) is 11.8. The van der Waals surface area contributed by atoms with Gasteiger partial charge in [-0.15, -0.1) is 21.8 Å². The number of hydrogen-bond donors (Lipinski definition) is 0. The second-order valence-corrected chi connectivity index (χ2v) is 5.51. The first-order chi connectivity index (χ1) is 8.41. The van der Waals surface area contributed by atoms with Crippen molar-refractivity contribution < 1.29 is 13.2 Å². The van der Waals surface area contributed by atoms with Crippen LogP contribution in [0.3, 0.4) is 0 Å². The van der Waals surface area contributed by atoms with Crippen molar-refractivity contribution in [2.24, 2.45) is 0 Å². The lowest BCUT2D eigenvalue weighted by Gasteiger charge is -2.08. The highest BCUT2D eigenvalue weighted by Gasteiger charge is 2.31. The number of halogens is 5. The monoisotopic (exact) mass is 356 g/mol. The van der Waals surface area contributed by atoms with Crippen LogP contribution in [-0.4, -0.2) is 10.2 Å². The van der Waals surface area contributed by atoms with Gasteiger partial charge in [-0.1, -0.05) is 27.3 Å². The van der Waals surface area contributed by atoms with E-state index in [1.807, 2.05) is 0 Å². The summed E-state index contributed by atoms with van der Waals surface area (Å²) >= 11 is 9.96. The molecule has 2 rings (SSSR count). The number of rotatable bonds is 2. The van der Waals surface area contributed by atoms with Gasteiger partial charge in [0.2, 0.25) is 0 Å². The van der Waals surface area contributed by atoms with E-state index in [0.717, 1.165) is 12.1 Å². The van der Waals surface area contributed by atoms with E-state index in [0.29, 0.717) is 20.1 Å². The summed E-state index contributed by atoms with van der Waals surface area (Å²) in [6, 6.07) is 3.40. The highest BCUT2D eigenvalue weighted by molar-refractivity contribution is 9.10. The van der Waals surface area contributed by atoms with Crippen LogP contribution in [0.25, 0.3) is 10.6 Å². The van der Waals surface area contributed by atoms with Crippen molar-refractivity contribution in [2.45, 2.75) is 12.1 Å². The Morgan fingerprint density at radius 3 is 2.56 bits per heavy atom. The molecule has 18 heavy (non-hydrogen) atoms. The van der Waals surface area contributed by atoms with Gasteiger partial charge in [0.15, 0.2) is 0 Å². The summed E-state index contributed by atoms with van der Waals surface area (Å²) in [5, 5.41) is 8.58. The Hall–Kier alpha value is -0.660. The fourth-order valence-corrected chi connectivity index (χ4v) is 2.78. The summed E-state index contributed by atoms with van der Waals surface area (Å²) in [6.07, 6.45) is -4.38. The lowest BCUT2D eigenvalue weighted by molar-refractivity contribution is -0.137. The fraction of sp³-hybridized carbons (Fsp3) is 0.200. The third kappa shape index (κ3) is 2.84. The summed E-state index contributed by atoms with van der Waals surface area (Å²) in [7, 11) is 0. The molecule has 0 atom stereocenters. The lowest BCUT2D eigenvalue weighted by Crippen LogP contribution is -2.04. The van der Waals surface area contributed by atoms with Gasteiger partial charge in [-0.05, 0) is 18.2 Å². The fourth-order valence-electron chi connectivity index (χ4n) is 1.28. The van der Waals surface area contributed by atoms with E-state index in [-0.39, 0.29) is 5.88 Å². The Bertz CT molecular complexity index is 570. The average Bonchev–Trinajstić information content (AvgIpc) is 2.76. The lowest BCUT2D eigenvalue weighted by atomic mass is 10.1. The van der Waals surface area contributed by atoms with E-state index in [4.69, 9.17) is 11.6 Å². The van der Waals surface area contributed by atoms with E-state index in [1.165, 1.54) is 17.4 Å². The average molecular weight is 358 g/mol. The van der Waals surface area contributed by atoms with Gasteiger partial charge < -0.3 is 0 Å². The molecule has 2 aromatic rings. The number of aromatic nitrogens is 2. The Balaban J connectivity index is 2.49. The van der Waals surface area contributed by atoms with Gasteiger partial charge in [-0.25, -0.2) is 0 Å². The molecule has 0 N–H and O–H groups in total. The molecule has 1 aromatic carbocycles. The van der Waals surface area contributed by atoms with Crippen molar-refractivity contribution in [2.75, 3.05) is 0 Å². The van der Waals surface area contributed by atoms with E-state index >= 15 is 0 Å². The first kappa shape index (κ1) is 13.8. The summed E-state index contributed by atoms with van der Waals surface area (Å²) in [5.41, 5.74) is -0.359. The predicted octanol–water partition coefficient (Wildman–Crippen LogP) is 4.73. The minimum atomic E-state index is -4.38. The number of nitrogens with zero attached hydrogens (tertiary/aromatic N) is 2. The van der Waals surface area contributed by atoms with Gasteiger partial charge in [-0.3, -0.25) is 0 Å². The molecule has 0 unspecified atom stereocenters. The Morgan fingerprint density at radius 1 is 1.28 bits per heavy atom. The second kappa shape index (κ2) is 5.14. The zero-order valence-electron chi connectivity index (χ0n) is 8.63.